The summed E-state index contributed by atoms with van der Waals surface area (Å²) in [7, 11) is 0. The van der Waals surface area contributed by atoms with E-state index in [2.05, 4.69) is 15.6 Å². The van der Waals surface area contributed by atoms with Crippen LogP contribution in [0.3, 0.4) is 0 Å². The molecule has 1 heterocycles. The van der Waals surface area contributed by atoms with Gasteiger partial charge in [0.15, 0.2) is 0 Å². The van der Waals surface area contributed by atoms with Crippen molar-refractivity contribution in [2.75, 3.05) is 12.0 Å². The van der Waals surface area contributed by atoms with Gasteiger partial charge >= 0.3 is 0 Å². The van der Waals surface area contributed by atoms with E-state index in [0.29, 0.717) is 23.3 Å². The van der Waals surface area contributed by atoms with Gasteiger partial charge in [0.05, 0.1) is 0 Å². The molecule has 3 amide bonds. The van der Waals surface area contributed by atoms with Crippen molar-refractivity contribution in [2.24, 2.45) is 0 Å². The summed E-state index contributed by atoms with van der Waals surface area (Å²) in [6.07, 6.45) is 9.77. The first-order valence-corrected chi connectivity index (χ1v) is 14.3. The molecule has 0 spiro atoms. The van der Waals surface area contributed by atoms with E-state index in [0.717, 1.165) is 27.8 Å². The Hall–Kier alpha value is -4.49. The number of rotatable bonds is 10. The molecule has 0 fully saturated rings. The summed E-state index contributed by atoms with van der Waals surface area (Å²) in [5.41, 5.74) is 5.42. The number of nitrogens with one attached hydrogen (secondary N) is 2. The lowest BCUT2D eigenvalue weighted by Gasteiger charge is -2.19. The van der Waals surface area contributed by atoms with E-state index < -0.39 is 17.9 Å². The van der Waals surface area contributed by atoms with Crippen LogP contribution in [-0.4, -0.2) is 40.8 Å². The van der Waals surface area contributed by atoms with Gasteiger partial charge in [0, 0.05) is 23.5 Å². The lowest BCUT2D eigenvalue weighted by Crippen LogP contribution is -2.48. The molecule has 0 aliphatic heterocycles. The minimum absolute atomic E-state index is 0.377. The number of aromatic nitrogens is 1. The molecular weight excluding hydrogens is 518 g/mol. The van der Waals surface area contributed by atoms with Crippen LogP contribution >= 0.6 is 11.8 Å². The Kier molecular flexibility index (Phi) is 10.0. The zero-order chi connectivity index (χ0) is 28.3. The topological polar surface area (TPSA) is 88.2 Å². The molecule has 0 aliphatic carbocycles. The average molecular weight is 550 g/mol. The molecule has 4 aromatic rings. The van der Waals surface area contributed by atoms with Crippen molar-refractivity contribution in [3.63, 3.8) is 0 Å². The SMILES string of the molecule is CSCCC(NC(=O)c1ccc(/C=C/c2cccnc2)cc1-c1ccccc1C)C(=O)NC(=O)c1ccccc1. The molecule has 1 unspecified atom stereocenters. The average Bonchev–Trinajstić information content (AvgIpc) is 2.99. The van der Waals surface area contributed by atoms with Crippen molar-refractivity contribution >= 4 is 41.6 Å². The van der Waals surface area contributed by atoms with E-state index >= 15 is 0 Å². The highest BCUT2D eigenvalue weighted by atomic mass is 32.2. The molecule has 40 heavy (non-hydrogen) atoms. The molecule has 6 nitrogen and oxygen atoms in total. The highest BCUT2D eigenvalue weighted by Gasteiger charge is 2.25. The number of thioether (sulfide) groups is 1. The predicted octanol–water partition coefficient (Wildman–Crippen LogP) is 6.04. The van der Waals surface area contributed by atoms with Crippen LogP contribution in [0.1, 0.15) is 43.8 Å². The summed E-state index contributed by atoms with van der Waals surface area (Å²) in [6, 6.07) is 25.0. The van der Waals surface area contributed by atoms with Crippen molar-refractivity contribution in [3.05, 3.63) is 125 Å². The smallest absolute Gasteiger partial charge is 0.257 e. The van der Waals surface area contributed by atoms with Gasteiger partial charge in [-0.25, -0.2) is 0 Å². The molecule has 3 aromatic carbocycles. The maximum atomic E-state index is 13.7. The Labute approximate surface area is 238 Å². The molecule has 0 saturated heterocycles. The molecule has 4 rings (SSSR count). The van der Waals surface area contributed by atoms with Crippen LogP contribution in [0.5, 0.6) is 0 Å². The Morgan fingerprint density at radius 1 is 0.850 bits per heavy atom. The first-order chi connectivity index (χ1) is 19.5. The van der Waals surface area contributed by atoms with Gasteiger partial charge in [-0.05, 0) is 83.5 Å². The van der Waals surface area contributed by atoms with Crippen molar-refractivity contribution in [2.45, 2.75) is 19.4 Å². The van der Waals surface area contributed by atoms with E-state index in [1.54, 1.807) is 60.6 Å². The summed E-state index contributed by atoms with van der Waals surface area (Å²) in [5.74, 6) is -0.779. The van der Waals surface area contributed by atoms with Gasteiger partial charge in [0.1, 0.15) is 6.04 Å². The molecule has 0 bridgehead atoms. The highest BCUT2D eigenvalue weighted by Crippen LogP contribution is 2.29. The van der Waals surface area contributed by atoms with Crippen LogP contribution in [-0.2, 0) is 4.79 Å². The van der Waals surface area contributed by atoms with Crippen LogP contribution in [0.4, 0.5) is 0 Å². The Morgan fingerprint density at radius 3 is 2.33 bits per heavy atom. The third-order valence-corrected chi connectivity index (χ3v) is 7.03. The Morgan fingerprint density at radius 2 is 1.60 bits per heavy atom. The maximum absolute atomic E-state index is 13.7. The van der Waals surface area contributed by atoms with E-state index in [1.165, 1.54) is 0 Å². The lowest BCUT2D eigenvalue weighted by atomic mass is 9.93. The molecule has 2 N–H and O–H groups in total. The molecule has 0 saturated carbocycles. The number of hydrogen-bond acceptors (Lipinski definition) is 5. The summed E-state index contributed by atoms with van der Waals surface area (Å²) < 4.78 is 0. The zero-order valence-corrected chi connectivity index (χ0v) is 23.3. The van der Waals surface area contributed by atoms with Gasteiger partial charge in [0.2, 0.25) is 5.91 Å². The second kappa shape index (κ2) is 14.1. The number of carbonyl (C=O) groups is 3. The normalized spacial score (nSPS) is 11.7. The summed E-state index contributed by atoms with van der Waals surface area (Å²) in [6.45, 7) is 2.00. The van der Waals surface area contributed by atoms with Gasteiger partial charge < -0.3 is 5.32 Å². The van der Waals surface area contributed by atoms with Crippen LogP contribution in [0.25, 0.3) is 23.3 Å². The number of carbonyl (C=O) groups excluding carboxylic acids is 3. The second-order valence-corrected chi connectivity index (χ2v) is 10.2. The minimum atomic E-state index is -0.873. The van der Waals surface area contributed by atoms with Crippen LogP contribution < -0.4 is 10.6 Å². The monoisotopic (exact) mass is 549 g/mol. The number of aryl methyl sites for hydroxylation is 1. The van der Waals surface area contributed by atoms with Gasteiger partial charge in [-0.15, -0.1) is 0 Å². The molecule has 202 valence electrons. The summed E-state index contributed by atoms with van der Waals surface area (Å²) >= 11 is 1.56. The molecule has 1 atom stereocenters. The molecule has 0 aliphatic rings. The van der Waals surface area contributed by atoms with E-state index in [1.807, 2.05) is 73.9 Å². The summed E-state index contributed by atoms with van der Waals surface area (Å²) in [4.78, 5) is 43.5. The first kappa shape index (κ1) is 28.5. The van der Waals surface area contributed by atoms with Crippen LogP contribution in [0.2, 0.25) is 0 Å². The number of nitrogens with zero attached hydrogens (tertiary/aromatic N) is 1. The quantitative estimate of drug-likeness (QED) is 0.252. The first-order valence-electron chi connectivity index (χ1n) is 12.9. The molecule has 7 heteroatoms. The van der Waals surface area contributed by atoms with Gasteiger partial charge in [-0.3, -0.25) is 24.7 Å². The number of benzene rings is 3. The van der Waals surface area contributed by atoms with Crippen LogP contribution in [0, 0.1) is 6.92 Å². The second-order valence-electron chi connectivity index (χ2n) is 9.23. The number of hydrogen-bond donors (Lipinski definition) is 2. The summed E-state index contributed by atoms with van der Waals surface area (Å²) in [5, 5.41) is 5.33. The molecular formula is C33H31N3O3S. The molecule has 0 radical (unpaired) electrons. The van der Waals surface area contributed by atoms with E-state index in [-0.39, 0.29) is 5.91 Å². The third kappa shape index (κ3) is 7.55. The fraction of sp³-hybridized carbons (Fsp3) is 0.152. The number of amides is 3. The maximum Gasteiger partial charge on any atom is 0.257 e. The Balaban J connectivity index is 1.62. The largest absolute Gasteiger partial charge is 0.340 e. The van der Waals surface area contributed by atoms with Gasteiger partial charge in [-0.2, -0.15) is 11.8 Å². The zero-order valence-electron chi connectivity index (χ0n) is 22.5. The lowest BCUT2D eigenvalue weighted by molar-refractivity contribution is -0.122. The third-order valence-electron chi connectivity index (χ3n) is 6.38. The van der Waals surface area contributed by atoms with Crippen molar-refractivity contribution < 1.29 is 14.4 Å². The van der Waals surface area contributed by atoms with Crippen LogP contribution in [0.15, 0.2) is 97.3 Å². The van der Waals surface area contributed by atoms with Crippen molar-refractivity contribution in [1.82, 2.24) is 15.6 Å². The predicted molar refractivity (Wildman–Crippen MR) is 163 cm³/mol. The van der Waals surface area contributed by atoms with Gasteiger partial charge in [0.25, 0.3) is 11.8 Å². The van der Waals surface area contributed by atoms with E-state index in [9.17, 15) is 14.4 Å². The number of imide groups is 1. The minimum Gasteiger partial charge on any atom is -0.340 e. The van der Waals surface area contributed by atoms with E-state index in [4.69, 9.17) is 0 Å². The fourth-order valence-electron chi connectivity index (χ4n) is 4.23. The number of pyridine rings is 1. The van der Waals surface area contributed by atoms with Crippen molar-refractivity contribution in [3.8, 4) is 11.1 Å². The van der Waals surface area contributed by atoms with Crippen molar-refractivity contribution in [1.29, 1.82) is 0 Å². The highest BCUT2D eigenvalue weighted by molar-refractivity contribution is 7.98. The molecule has 1 aromatic heterocycles. The van der Waals surface area contributed by atoms with Gasteiger partial charge in [-0.1, -0.05) is 66.7 Å². The standard InChI is InChI=1S/C33H31N3O3S/c1-23-9-6-7-13-27(23)29-21-24(14-15-25-10-8-19-34-22-25)16-17-28(29)32(38)35-30(18-20-40-2)33(39)36-31(37)26-11-4-3-5-12-26/h3-17,19,21-22,30H,18,20H2,1-2H3,(H,35,38)(H,36,37,39)/b15-14+. The Bertz CT molecular complexity index is 1500. The fourth-order valence-corrected chi connectivity index (χ4v) is 4.70.